The lowest BCUT2D eigenvalue weighted by atomic mass is 9.96. The number of hydrogen-bond acceptors (Lipinski definition) is 7. The maximum absolute atomic E-state index is 14.1. The van der Waals surface area contributed by atoms with E-state index in [2.05, 4.69) is 39.5 Å². The van der Waals surface area contributed by atoms with Gasteiger partial charge in [-0.2, -0.15) is 5.21 Å². The van der Waals surface area contributed by atoms with Crippen LogP contribution in [0, 0.1) is 0 Å². The summed E-state index contributed by atoms with van der Waals surface area (Å²) in [4.78, 5) is 31.1. The van der Waals surface area contributed by atoms with Crippen molar-refractivity contribution in [3.8, 4) is 28.3 Å². The molecule has 0 saturated heterocycles. The lowest BCUT2D eigenvalue weighted by Crippen LogP contribution is -2.27. The van der Waals surface area contributed by atoms with Crippen molar-refractivity contribution >= 4 is 5.97 Å². The fourth-order valence-corrected chi connectivity index (χ4v) is 5.00. The number of pyridine rings is 1. The number of rotatable bonds is 11. The number of nitrogens with zero attached hydrogens (tertiary/aromatic N) is 7. The number of unbranched alkanes of at least 4 members (excludes halogenated alkanes) is 1. The summed E-state index contributed by atoms with van der Waals surface area (Å²) < 4.78 is 10.3. The normalized spacial score (nSPS) is 11.2. The van der Waals surface area contributed by atoms with Crippen LogP contribution in [0.3, 0.4) is 0 Å². The van der Waals surface area contributed by atoms with E-state index in [1.807, 2.05) is 47.3 Å². The first-order chi connectivity index (χ1) is 19.6. The van der Waals surface area contributed by atoms with Gasteiger partial charge in [-0.25, -0.2) is 9.59 Å². The second kappa shape index (κ2) is 11.9. The highest BCUT2D eigenvalue weighted by Gasteiger charge is 2.23. The number of aromatic nitrogens is 8. The van der Waals surface area contributed by atoms with E-state index in [9.17, 15) is 9.59 Å². The van der Waals surface area contributed by atoms with Gasteiger partial charge in [0.1, 0.15) is 11.4 Å². The van der Waals surface area contributed by atoms with E-state index in [0.717, 1.165) is 53.6 Å². The van der Waals surface area contributed by atoms with E-state index in [4.69, 9.17) is 4.74 Å². The molecule has 11 heteroatoms. The Bertz CT molecular complexity index is 1660. The maximum atomic E-state index is 14.1. The van der Waals surface area contributed by atoms with E-state index in [0.29, 0.717) is 30.3 Å². The Labute approximate surface area is 231 Å². The van der Waals surface area contributed by atoms with Crippen LogP contribution in [0.5, 0.6) is 0 Å². The maximum Gasteiger partial charge on any atom is 0.341 e. The number of H-pyrrole nitrogens is 1. The van der Waals surface area contributed by atoms with E-state index < -0.39 is 5.97 Å². The van der Waals surface area contributed by atoms with Crippen LogP contribution < -0.4 is 5.69 Å². The number of methoxy groups -OCH3 is 1. The number of esters is 1. The van der Waals surface area contributed by atoms with Crippen LogP contribution in [0.2, 0.25) is 0 Å². The average molecular weight is 541 g/mol. The van der Waals surface area contributed by atoms with Gasteiger partial charge in [0.05, 0.1) is 13.7 Å². The average Bonchev–Trinajstić information content (AvgIpc) is 3.73. The molecule has 4 heterocycles. The summed E-state index contributed by atoms with van der Waals surface area (Å²) in [6, 6.07) is 11.5. The van der Waals surface area contributed by atoms with E-state index >= 15 is 0 Å². The lowest BCUT2D eigenvalue weighted by molar-refractivity contribution is 0.0600. The standard InChI is InChI=1S/C29H32N8O3/c1-4-6-9-21-19-37(27-25(28(38)40-3)13-16-35(27)15-5-2)29(39)36(21)18-20-17-30-14-12-22(20)23-10-7-8-11-24(23)26-31-33-34-32-26/h7-8,10-14,16-17,19H,4-6,9,15,18H2,1-3H3,(H,31,32,33,34). The molecule has 0 fully saturated rings. The molecule has 0 amide bonds. The third-order valence-corrected chi connectivity index (χ3v) is 6.92. The number of carbonyl (C=O) groups is 1. The second-order valence-electron chi connectivity index (χ2n) is 9.51. The fraction of sp³-hybridized carbons (Fsp3) is 0.310. The highest BCUT2D eigenvalue weighted by Crippen LogP contribution is 2.32. The van der Waals surface area contributed by atoms with Gasteiger partial charge in [0, 0.05) is 42.6 Å². The van der Waals surface area contributed by atoms with Crippen LogP contribution in [-0.4, -0.2) is 52.4 Å². The number of aromatic amines is 1. The van der Waals surface area contributed by atoms with E-state index in [1.165, 1.54) is 7.11 Å². The van der Waals surface area contributed by atoms with Gasteiger partial charge in [0.2, 0.25) is 5.82 Å². The van der Waals surface area contributed by atoms with Gasteiger partial charge in [-0.05, 0) is 53.3 Å². The summed E-state index contributed by atoms with van der Waals surface area (Å²) in [6.07, 6.45) is 10.7. The van der Waals surface area contributed by atoms with Crippen LogP contribution in [0.1, 0.15) is 54.7 Å². The molecule has 40 heavy (non-hydrogen) atoms. The molecule has 0 aliphatic carbocycles. The van der Waals surface area contributed by atoms with Crippen LogP contribution >= 0.6 is 0 Å². The minimum Gasteiger partial charge on any atom is -0.465 e. The largest absolute Gasteiger partial charge is 0.465 e. The third-order valence-electron chi connectivity index (χ3n) is 6.92. The van der Waals surface area contributed by atoms with Crippen molar-refractivity contribution in [3.05, 3.63) is 88.5 Å². The zero-order valence-electron chi connectivity index (χ0n) is 22.9. The molecule has 0 spiro atoms. The van der Waals surface area contributed by atoms with Crippen molar-refractivity contribution < 1.29 is 9.53 Å². The molecule has 5 rings (SSSR count). The van der Waals surface area contributed by atoms with Gasteiger partial charge in [0.15, 0.2) is 0 Å². The number of tetrazole rings is 1. The molecule has 0 aliphatic heterocycles. The molecular weight excluding hydrogens is 508 g/mol. The van der Waals surface area contributed by atoms with Gasteiger partial charge in [-0.1, -0.05) is 44.5 Å². The van der Waals surface area contributed by atoms with Crippen molar-refractivity contribution in [1.82, 2.24) is 39.3 Å². The number of hydrogen-bond donors (Lipinski definition) is 1. The van der Waals surface area contributed by atoms with Gasteiger partial charge in [-0.15, -0.1) is 10.2 Å². The molecule has 0 aliphatic rings. The predicted octanol–water partition coefficient (Wildman–Crippen LogP) is 4.27. The van der Waals surface area contributed by atoms with Gasteiger partial charge < -0.3 is 9.30 Å². The minimum atomic E-state index is -0.479. The Morgan fingerprint density at radius 2 is 1.88 bits per heavy atom. The third kappa shape index (κ3) is 5.09. The Balaban J connectivity index is 1.64. The fourth-order valence-electron chi connectivity index (χ4n) is 5.00. The summed E-state index contributed by atoms with van der Waals surface area (Å²) in [5.41, 5.74) is 4.53. The number of aryl methyl sites for hydroxylation is 2. The van der Waals surface area contributed by atoms with E-state index in [1.54, 1.807) is 27.6 Å². The summed E-state index contributed by atoms with van der Waals surface area (Å²) in [7, 11) is 1.35. The molecule has 0 atom stereocenters. The minimum absolute atomic E-state index is 0.228. The zero-order valence-corrected chi connectivity index (χ0v) is 22.9. The smallest absolute Gasteiger partial charge is 0.341 e. The molecule has 4 aromatic heterocycles. The quantitative estimate of drug-likeness (QED) is 0.248. The summed E-state index contributed by atoms with van der Waals surface area (Å²) in [5, 5.41) is 14.6. The van der Waals surface area contributed by atoms with E-state index in [-0.39, 0.29) is 5.69 Å². The van der Waals surface area contributed by atoms with Crippen LogP contribution in [0.15, 0.2) is 66.0 Å². The molecule has 0 unspecified atom stereocenters. The van der Waals surface area contributed by atoms with Gasteiger partial charge in [-0.3, -0.25) is 14.1 Å². The lowest BCUT2D eigenvalue weighted by Gasteiger charge is -2.14. The Morgan fingerprint density at radius 1 is 1.05 bits per heavy atom. The second-order valence-corrected chi connectivity index (χ2v) is 9.51. The molecule has 206 valence electrons. The summed E-state index contributed by atoms with van der Waals surface area (Å²) in [5.74, 6) is 0.522. The van der Waals surface area contributed by atoms with Crippen LogP contribution in [-0.2, 0) is 24.2 Å². The Kier molecular flexibility index (Phi) is 7.99. The van der Waals surface area contributed by atoms with Crippen molar-refractivity contribution in [3.63, 3.8) is 0 Å². The van der Waals surface area contributed by atoms with Gasteiger partial charge >= 0.3 is 11.7 Å². The van der Waals surface area contributed by atoms with Crippen LogP contribution in [0.25, 0.3) is 28.3 Å². The molecule has 0 radical (unpaired) electrons. The highest BCUT2D eigenvalue weighted by molar-refractivity contribution is 5.93. The number of nitrogens with one attached hydrogen (secondary N) is 1. The first-order valence-electron chi connectivity index (χ1n) is 13.4. The molecule has 1 aromatic carbocycles. The number of ether oxygens (including phenoxy) is 1. The van der Waals surface area contributed by atoms with Crippen molar-refractivity contribution in [2.45, 2.75) is 52.6 Å². The molecule has 0 saturated carbocycles. The highest BCUT2D eigenvalue weighted by atomic mass is 16.5. The number of imidazole rings is 1. The Hall–Kier alpha value is -4.80. The Morgan fingerprint density at radius 3 is 2.60 bits per heavy atom. The monoisotopic (exact) mass is 540 g/mol. The number of carbonyl (C=O) groups excluding carboxylic acids is 1. The number of benzene rings is 1. The topological polar surface area (TPSA) is 126 Å². The van der Waals surface area contributed by atoms with Crippen molar-refractivity contribution in [2.24, 2.45) is 0 Å². The van der Waals surface area contributed by atoms with Crippen molar-refractivity contribution in [1.29, 1.82) is 0 Å². The SMILES string of the molecule is CCCCc1cn(-c2c(C(=O)OC)ccn2CCC)c(=O)n1Cc1cnccc1-c1ccccc1-c1nn[nH]n1. The summed E-state index contributed by atoms with van der Waals surface area (Å²) in [6.45, 7) is 5.14. The summed E-state index contributed by atoms with van der Waals surface area (Å²) >= 11 is 0. The zero-order chi connectivity index (χ0) is 28.1. The van der Waals surface area contributed by atoms with Crippen molar-refractivity contribution in [2.75, 3.05) is 7.11 Å². The van der Waals surface area contributed by atoms with Gasteiger partial charge in [0.25, 0.3) is 0 Å². The van der Waals surface area contributed by atoms with Crippen LogP contribution in [0.4, 0.5) is 0 Å². The molecule has 5 aromatic rings. The molecule has 11 nitrogen and oxygen atoms in total. The molecule has 1 N–H and O–H groups in total. The predicted molar refractivity (Wildman–Crippen MR) is 150 cm³/mol. The first-order valence-corrected chi connectivity index (χ1v) is 13.4. The molecule has 0 bridgehead atoms. The molecular formula is C29H32N8O3. The first kappa shape index (κ1) is 26.8.